The summed E-state index contributed by atoms with van der Waals surface area (Å²) in [6.07, 6.45) is 2.54. The molecule has 1 saturated carbocycles. The lowest BCUT2D eigenvalue weighted by molar-refractivity contribution is 0.0939. The number of halogens is 2. The van der Waals surface area contributed by atoms with Crippen LogP contribution >= 0.6 is 27.5 Å². The average molecular weight is 346 g/mol. The summed E-state index contributed by atoms with van der Waals surface area (Å²) in [7, 11) is 2.11. The van der Waals surface area contributed by atoms with Gasteiger partial charge in [0.2, 0.25) is 0 Å². The summed E-state index contributed by atoms with van der Waals surface area (Å²) in [6.45, 7) is 2.76. The molecule has 1 fully saturated rings. The first-order valence-corrected chi connectivity index (χ1v) is 7.62. The highest BCUT2D eigenvalue weighted by molar-refractivity contribution is 9.10. The van der Waals surface area contributed by atoms with E-state index < -0.39 is 0 Å². The van der Waals surface area contributed by atoms with Crippen molar-refractivity contribution in [1.82, 2.24) is 10.2 Å². The molecule has 2 rings (SSSR count). The molecule has 0 spiro atoms. The van der Waals surface area contributed by atoms with Crippen LogP contribution in [-0.2, 0) is 0 Å². The fourth-order valence-electron chi connectivity index (χ4n) is 2.00. The molecule has 1 amide bonds. The van der Waals surface area contributed by atoms with Crippen LogP contribution in [0.4, 0.5) is 0 Å². The van der Waals surface area contributed by atoms with Crippen molar-refractivity contribution in [3.63, 3.8) is 0 Å². The van der Waals surface area contributed by atoms with Crippen LogP contribution in [0.3, 0.4) is 0 Å². The van der Waals surface area contributed by atoms with Crippen LogP contribution in [0.1, 0.15) is 30.1 Å². The maximum atomic E-state index is 12.1. The fraction of sp³-hybridized carbons (Fsp3) is 0.500. The van der Waals surface area contributed by atoms with Gasteiger partial charge in [-0.15, -0.1) is 0 Å². The van der Waals surface area contributed by atoms with Crippen molar-refractivity contribution in [2.24, 2.45) is 0 Å². The molecule has 0 heterocycles. The van der Waals surface area contributed by atoms with E-state index in [9.17, 15) is 4.79 Å². The number of amides is 1. The van der Waals surface area contributed by atoms with Crippen molar-refractivity contribution < 1.29 is 4.79 Å². The number of benzene rings is 1. The van der Waals surface area contributed by atoms with Crippen LogP contribution < -0.4 is 5.32 Å². The van der Waals surface area contributed by atoms with E-state index in [1.807, 2.05) is 12.1 Å². The zero-order valence-corrected chi connectivity index (χ0v) is 13.5. The van der Waals surface area contributed by atoms with E-state index in [-0.39, 0.29) is 5.91 Å². The van der Waals surface area contributed by atoms with Gasteiger partial charge >= 0.3 is 0 Å². The Bertz CT molecular complexity index is 477. The van der Waals surface area contributed by atoms with Crippen molar-refractivity contribution in [1.29, 1.82) is 0 Å². The van der Waals surface area contributed by atoms with Gasteiger partial charge in [-0.05, 0) is 54.9 Å². The smallest absolute Gasteiger partial charge is 0.252 e. The average Bonchev–Trinajstić information content (AvgIpc) is 3.22. The molecule has 3 nitrogen and oxygen atoms in total. The highest BCUT2D eigenvalue weighted by Gasteiger charge is 2.29. The Morgan fingerprint density at radius 1 is 1.58 bits per heavy atom. The fourth-order valence-corrected chi connectivity index (χ4v) is 2.58. The normalized spacial score (nSPS) is 16.5. The van der Waals surface area contributed by atoms with Crippen LogP contribution in [0.2, 0.25) is 5.02 Å². The van der Waals surface area contributed by atoms with Gasteiger partial charge in [-0.25, -0.2) is 0 Å². The molecule has 1 N–H and O–H groups in total. The lowest BCUT2D eigenvalue weighted by atomic mass is 10.2. The van der Waals surface area contributed by atoms with Crippen molar-refractivity contribution >= 4 is 33.4 Å². The van der Waals surface area contributed by atoms with Gasteiger partial charge in [0.15, 0.2) is 0 Å². The lowest BCUT2D eigenvalue weighted by Gasteiger charge is -2.24. The Morgan fingerprint density at radius 2 is 2.26 bits per heavy atom. The van der Waals surface area contributed by atoms with Gasteiger partial charge in [0.1, 0.15) is 0 Å². The van der Waals surface area contributed by atoms with Crippen LogP contribution in [0.25, 0.3) is 0 Å². The Morgan fingerprint density at radius 3 is 2.89 bits per heavy atom. The van der Waals surface area contributed by atoms with E-state index in [0.29, 0.717) is 29.2 Å². The molecule has 1 aliphatic rings. The van der Waals surface area contributed by atoms with Crippen molar-refractivity contribution in [2.45, 2.75) is 31.8 Å². The van der Waals surface area contributed by atoms with E-state index >= 15 is 0 Å². The van der Waals surface area contributed by atoms with Crippen molar-refractivity contribution in [3.8, 4) is 0 Å². The molecule has 1 aliphatic carbocycles. The highest BCUT2D eigenvalue weighted by atomic mass is 79.9. The summed E-state index contributed by atoms with van der Waals surface area (Å²) in [6, 6.07) is 6.40. The molecule has 5 heteroatoms. The minimum absolute atomic E-state index is 0.123. The second-order valence-electron chi connectivity index (χ2n) is 5.06. The highest BCUT2D eigenvalue weighted by Crippen LogP contribution is 2.27. The molecule has 0 aromatic heterocycles. The van der Waals surface area contributed by atoms with Gasteiger partial charge in [0.05, 0.1) is 10.6 Å². The zero-order chi connectivity index (χ0) is 14.0. The molecular weight excluding hydrogens is 328 g/mol. The van der Waals surface area contributed by atoms with Crippen LogP contribution in [0, 0.1) is 0 Å². The third kappa shape index (κ3) is 3.71. The molecule has 1 atom stereocenters. The number of carbonyl (C=O) groups is 1. The standard InChI is InChI=1S/C14H18BrClN2O/c1-9(18(2)10-6-7-10)8-17-14(19)11-4-3-5-12(15)13(11)16/h3-5,9-10H,6-8H2,1-2H3,(H,17,19). The Labute approximate surface area is 127 Å². The summed E-state index contributed by atoms with van der Waals surface area (Å²) in [5.41, 5.74) is 0.511. The second-order valence-corrected chi connectivity index (χ2v) is 6.29. The number of carbonyl (C=O) groups excluding carboxylic acids is 1. The molecule has 0 aliphatic heterocycles. The van der Waals surface area contributed by atoms with Gasteiger partial charge in [-0.2, -0.15) is 0 Å². The molecule has 0 bridgehead atoms. The molecule has 0 saturated heterocycles. The molecule has 19 heavy (non-hydrogen) atoms. The third-order valence-electron chi connectivity index (χ3n) is 3.57. The maximum absolute atomic E-state index is 12.1. The summed E-state index contributed by atoms with van der Waals surface area (Å²) < 4.78 is 0.741. The first-order chi connectivity index (χ1) is 9.00. The first kappa shape index (κ1) is 14.8. The summed E-state index contributed by atoms with van der Waals surface area (Å²) >= 11 is 9.43. The minimum Gasteiger partial charge on any atom is -0.350 e. The quantitative estimate of drug-likeness (QED) is 0.888. The lowest BCUT2D eigenvalue weighted by Crippen LogP contribution is -2.41. The summed E-state index contributed by atoms with van der Waals surface area (Å²) in [5, 5.41) is 3.41. The molecule has 104 valence electrons. The SMILES string of the molecule is CC(CNC(=O)c1cccc(Br)c1Cl)N(C)C1CC1. The first-order valence-electron chi connectivity index (χ1n) is 6.45. The minimum atomic E-state index is -0.123. The topological polar surface area (TPSA) is 32.3 Å². The van der Waals surface area contributed by atoms with E-state index in [0.717, 1.165) is 4.47 Å². The number of hydrogen-bond donors (Lipinski definition) is 1. The van der Waals surface area contributed by atoms with Gasteiger partial charge < -0.3 is 5.32 Å². The molecule has 1 aromatic carbocycles. The van der Waals surface area contributed by atoms with Gasteiger partial charge in [0, 0.05) is 23.1 Å². The van der Waals surface area contributed by atoms with E-state index in [1.165, 1.54) is 12.8 Å². The third-order valence-corrected chi connectivity index (χ3v) is 4.87. The number of nitrogens with zero attached hydrogens (tertiary/aromatic N) is 1. The number of rotatable bonds is 5. The summed E-state index contributed by atoms with van der Waals surface area (Å²) in [5.74, 6) is -0.123. The molecular formula is C14H18BrClN2O. The van der Waals surface area contributed by atoms with Gasteiger partial charge in [-0.1, -0.05) is 17.7 Å². The van der Waals surface area contributed by atoms with Crippen molar-refractivity contribution in [3.05, 3.63) is 33.3 Å². The maximum Gasteiger partial charge on any atom is 0.252 e. The molecule has 1 aromatic rings. The number of likely N-dealkylation sites (N-methyl/N-ethyl adjacent to an activating group) is 1. The van der Waals surface area contributed by atoms with Crippen LogP contribution in [0.15, 0.2) is 22.7 Å². The Kier molecular flexibility index (Phi) is 4.87. The van der Waals surface area contributed by atoms with E-state index in [2.05, 4.69) is 40.1 Å². The predicted octanol–water partition coefficient (Wildman–Crippen LogP) is 3.32. The van der Waals surface area contributed by atoms with Crippen molar-refractivity contribution in [2.75, 3.05) is 13.6 Å². The van der Waals surface area contributed by atoms with Crippen LogP contribution in [0.5, 0.6) is 0 Å². The Balaban J connectivity index is 1.92. The largest absolute Gasteiger partial charge is 0.350 e. The zero-order valence-electron chi connectivity index (χ0n) is 11.1. The van der Waals surface area contributed by atoms with E-state index in [1.54, 1.807) is 6.07 Å². The monoisotopic (exact) mass is 344 g/mol. The number of hydrogen-bond acceptors (Lipinski definition) is 2. The molecule has 0 radical (unpaired) electrons. The van der Waals surface area contributed by atoms with Gasteiger partial charge in [-0.3, -0.25) is 9.69 Å². The molecule has 1 unspecified atom stereocenters. The van der Waals surface area contributed by atoms with Gasteiger partial charge in [0.25, 0.3) is 5.91 Å². The predicted molar refractivity (Wildman–Crippen MR) is 81.7 cm³/mol. The second kappa shape index (κ2) is 6.25. The Hall–Kier alpha value is -0.580. The summed E-state index contributed by atoms with van der Waals surface area (Å²) in [4.78, 5) is 14.4. The van der Waals surface area contributed by atoms with E-state index in [4.69, 9.17) is 11.6 Å². The van der Waals surface area contributed by atoms with Crippen LogP contribution in [-0.4, -0.2) is 36.5 Å². The number of nitrogens with one attached hydrogen (secondary N) is 1.